The molecule has 2 heteroatoms. The van der Waals surface area contributed by atoms with Gasteiger partial charge in [-0.05, 0) is 37.0 Å². The highest BCUT2D eigenvalue weighted by Crippen LogP contribution is 2.23. The van der Waals surface area contributed by atoms with Crippen LogP contribution in [0.4, 0.5) is 0 Å². The highest BCUT2D eigenvalue weighted by Gasteiger charge is 2.13. The summed E-state index contributed by atoms with van der Waals surface area (Å²) in [6.45, 7) is 4.20. The van der Waals surface area contributed by atoms with Gasteiger partial charge in [-0.2, -0.15) is 0 Å². The minimum absolute atomic E-state index is 0.200. The van der Waals surface area contributed by atoms with Crippen molar-refractivity contribution >= 4 is 11.6 Å². The predicted octanol–water partition coefficient (Wildman–Crippen LogP) is 3.18. The van der Waals surface area contributed by atoms with Gasteiger partial charge in [0.2, 0.25) is 0 Å². The Balaban J connectivity index is 2.86. The van der Waals surface area contributed by atoms with Gasteiger partial charge in [-0.25, -0.2) is 0 Å². The summed E-state index contributed by atoms with van der Waals surface area (Å²) in [5, 5.41) is 0.781. The lowest BCUT2D eigenvalue weighted by Gasteiger charge is -2.19. The molecule has 0 saturated heterocycles. The Bertz CT molecular complexity index is 253. The topological polar surface area (TPSA) is 26.0 Å². The van der Waals surface area contributed by atoms with Crippen molar-refractivity contribution in [2.24, 2.45) is 5.73 Å². The van der Waals surface area contributed by atoms with Gasteiger partial charge in [0.05, 0.1) is 0 Å². The molecule has 0 radical (unpaired) electrons. The average molecular weight is 198 g/mol. The number of nitrogens with two attached hydrogens (primary N) is 1. The fourth-order valence-corrected chi connectivity index (χ4v) is 1.75. The minimum atomic E-state index is 0.200. The van der Waals surface area contributed by atoms with Crippen LogP contribution in [0.3, 0.4) is 0 Å². The van der Waals surface area contributed by atoms with Crippen molar-refractivity contribution in [2.45, 2.75) is 32.2 Å². The molecular weight excluding hydrogens is 182 g/mol. The Kier molecular flexibility index (Phi) is 3.76. The van der Waals surface area contributed by atoms with Crippen LogP contribution in [-0.4, -0.2) is 6.04 Å². The van der Waals surface area contributed by atoms with Gasteiger partial charge in [0.1, 0.15) is 0 Å². The van der Waals surface area contributed by atoms with E-state index >= 15 is 0 Å². The van der Waals surface area contributed by atoms with Crippen molar-refractivity contribution in [2.75, 3.05) is 0 Å². The molecule has 0 bridgehead atoms. The first-order valence-electron chi connectivity index (χ1n) is 4.66. The van der Waals surface area contributed by atoms with Crippen LogP contribution in [-0.2, 0) is 0 Å². The molecule has 0 amide bonds. The maximum absolute atomic E-state index is 5.88. The van der Waals surface area contributed by atoms with E-state index in [0.29, 0.717) is 5.92 Å². The van der Waals surface area contributed by atoms with Gasteiger partial charge in [-0.3, -0.25) is 0 Å². The van der Waals surface area contributed by atoms with Gasteiger partial charge in [-0.15, -0.1) is 0 Å². The Morgan fingerprint density at radius 2 is 1.85 bits per heavy atom. The SMILES string of the molecule is CCC(c1ccc(Cl)cc1)C(C)N. The summed E-state index contributed by atoms with van der Waals surface area (Å²) in [5.41, 5.74) is 7.16. The molecule has 2 unspecified atom stereocenters. The molecule has 0 saturated carbocycles. The summed E-state index contributed by atoms with van der Waals surface area (Å²) < 4.78 is 0. The van der Waals surface area contributed by atoms with Crippen LogP contribution in [0.5, 0.6) is 0 Å². The third kappa shape index (κ3) is 2.71. The van der Waals surface area contributed by atoms with Crippen molar-refractivity contribution in [3.8, 4) is 0 Å². The molecular formula is C11H16ClN. The molecule has 1 aromatic carbocycles. The molecule has 0 aliphatic rings. The maximum atomic E-state index is 5.88. The number of rotatable bonds is 3. The highest BCUT2D eigenvalue weighted by molar-refractivity contribution is 6.30. The Morgan fingerprint density at radius 1 is 1.31 bits per heavy atom. The fraction of sp³-hybridized carbons (Fsp3) is 0.455. The lowest BCUT2D eigenvalue weighted by atomic mass is 9.91. The van der Waals surface area contributed by atoms with E-state index in [2.05, 4.69) is 19.1 Å². The van der Waals surface area contributed by atoms with Crippen molar-refractivity contribution in [1.29, 1.82) is 0 Å². The molecule has 0 aliphatic heterocycles. The minimum Gasteiger partial charge on any atom is -0.327 e. The molecule has 0 fully saturated rings. The summed E-state index contributed by atoms with van der Waals surface area (Å²) in [6, 6.07) is 8.15. The number of hydrogen-bond acceptors (Lipinski definition) is 1. The van der Waals surface area contributed by atoms with E-state index in [4.69, 9.17) is 17.3 Å². The molecule has 2 atom stereocenters. The van der Waals surface area contributed by atoms with Gasteiger partial charge < -0.3 is 5.73 Å². The molecule has 0 heterocycles. The zero-order valence-electron chi connectivity index (χ0n) is 8.13. The van der Waals surface area contributed by atoms with Gasteiger partial charge in [0.15, 0.2) is 0 Å². The molecule has 0 spiro atoms. The summed E-state index contributed by atoms with van der Waals surface area (Å²) in [4.78, 5) is 0. The molecule has 0 aromatic heterocycles. The summed E-state index contributed by atoms with van der Waals surface area (Å²) in [5.74, 6) is 0.442. The lowest BCUT2D eigenvalue weighted by molar-refractivity contribution is 0.553. The third-order valence-electron chi connectivity index (χ3n) is 2.37. The largest absolute Gasteiger partial charge is 0.327 e. The third-order valence-corrected chi connectivity index (χ3v) is 2.62. The van der Waals surface area contributed by atoms with Crippen LogP contribution in [0.1, 0.15) is 31.7 Å². The predicted molar refractivity (Wildman–Crippen MR) is 58.1 cm³/mol. The second-order valence-electron chi connectivity index (χ2n) is 3.43. The highest BCUT2D eigenvalue weighted by atomic mass is 35.5. The molecule has 1 nitrogen and oxygen atoms in total. The van der Waals surface area contributed by atoms with Crippen molar-refractivity contribution in [3.05, 3.63) is 34.9 Å². The van der Waals surface area contributed by atoms with E-state index in [0.717, 1.165) is 11.4 Å². The van der Waals surface area contributed by atoms with E-state index in [9.17, 15) is 0 Å². The average Bonchev–Trinajstić information content (AvgIpc) is 2.09. The smallest absolute Gasteiger partial charge is 0.0406 e. The normalized spacial score (nSPS) is 15.4. The summed E-state index contributed by atoms with van der Waals surface area (Å²) in [6.07, 6.45) is 1.07. The molecule has 0 aliphatic carbocycles. The molecule has 13 heavy (non-hydrogen) atoms. The summed E-state index contributed by atoms with van der Waals surface area (Å²) in [7, 11) is 0. The van der Waals surface area contributed by atoms with Crippen molar-refractivity contribution in [1.82, 2.24) is 0 Å². The van der Waals surface area contributed by atoms with Crippen molar-refractivity contribution < 1.29 is 0 Å². The first-order chi connectivity index (χ1) is 6.15. The zero-order valence-corrected chi connectivity index (χ0v) is 8.88. The summed E-state index contributed by atoms with van der Waals surface area (Å²) >= 11 is 5.81. The number of halogens is 1. The van der Waals surface area contributed by atoms with E-state index in [-0.39, 0.29) is 6.04 Å². The molecule has 72 valence electrons. The Morgan fingerprint density at radius 3 is 2.23 bits per heavy atom. The van der Waals surface area contributed by atoms with Gasteiger partial charge >= 0.3 is 0 Å². The van der Waals surface area contributed by atoms with E-state index in [1.807, 2.05) is 19.1 Å². The number of benzene rings is 1. The molecule has 2 N–H and O–H groups in total. The van der Waals surface area contributed by atoms with Crippen LogP contribution in [0.2, 0.25) is 5.02 Å². The second kappa shape index (κ2) is 4.64. The number of hydrogen-bond donors (Lipinski definition) is 1. The van der Waals surface area contributed by atoms with Gasteiger partial charge in [-0.1, -0.05) is 30.7 Å². The van der Waals surface area contributed by atoms with Crippen LogP contribution in [0.15, 0.2) is 24.3 Å². The van der Waals surface area contributed by atoms with E-state index < -0.39 is 0 Å². The van der Waals surface area contributed by atoms with Crippen molar-refractivity contribution in [3.63, 3.8) is 0 Å². The van der Waals surface area contributed by atoms with E-state index in [1.165, 1.54) is 5.56 Å². The van der Waals surface area contributed by atoms with Gasteiger partial charge in [0.25, 0.3) is 0 Å². The molecule has 1 rings (SSSR count). The zero-order chi connectivity index (χ0) is 9.84. The van der Waals surface area contributed by atoms with Crippen LogP contribution >= 0.6 is 11.6 Å². The van der Waals surface area contributed by atoms with Crippen LogP contribution in [0.25, 0.3) is 0 Å². The van der Waals surface area contributed by atoms with Crippen LogP contribution < -0.4 is 5.73 Å². The standard InChI is InChI=1S/C11H16ClN/c1-3-11(8(2)13)9-4-6-10(12)7-5-9/h4-8,11H,3,13H2,1-2H3. The van der Waals surface area contributed by atoms with Gasteiger partial charge in [0, 0.05) is 11.1 Å². The lowest BCUT2D eigenvalue weighted by Crippen LogP contribution is -2.24. The first-order valence-corrected chi connectivity index (χ1v) is 5.04. The molecule has 1 aromatic rings. The van der Waals surface area contributed by atoms with E-state index in [1.54, 1.807) is 0 Å². The van der Waals surface area contributed by atoms with Crippen LogP contribution in [0, 0.1) is 0 Å². The monoisotopic (exact) mass is 197 g/mol. The quantitative estimate of drug-likeness (QED) is 0.792. The first kappa shape index (κ1) is 10.6. The maximum Gasteiger partial charge on any atom is 0.0406 e. The Labute approximate surface area is 84.9 Å². The second-order valence-corrected chi connectivity index (χ2v) is 3.86. The Hall–Kier alpha value is -0.530. The fourth-order valence-electron chi connectivity index (χ4n) is 1.62.